The van der Waals surface area contributed by atoms with E-state index in [2.05, 4.69) is 17.2 Å². The molecule has 1 aliphatic heterocycles. The molecule has 0 fully saturated rings. The Labute approximate surface area is 113 Å². The summed E-state index contributed by atoms with van der Waals surface area (Å²) in [6, 6.07) is 8.02. The number of rotatable bonds is 5. The molecule has 3 nitrogen and oxygen atoms in total. The van der Waals surface area contributed by atoms with Crippen molar-refractivity contribution in [2.24, 2.45) is 4.99 Å². The van der Waals surface area contributed by atoms with Crippen molar-refractivity contribution in [3.63, 3.8) is 0 Å². The lowest BCUT2D eigenvalue weighted by atomic mass is 10.2. The van der Waals surface area contributed by atoms with E-state index < -0.39 is 0 Å². The second-order valence-corrected chi connectivity index (χ2v) is 5.55. The van der Waals surface area contributed by atoms with Crippen LogP contribution in [-0.4, -0.2) is 23.6 Å². The zero-order valence-electron chi connectivity index (χ0n) is 11.0. The Hall–Kier alpha value is -1.16. The lowest BCUT2D eigenvalue weighted by Gasteiger charge is -2.09. The third-order valence-electron chi connectivity index (χ3n) is 2.72. The van der Waals surface area contributed by atoms with Crippen molar-refractivity contribution in [2.75, 3.05) is 18.5 Å². The fraction of sp³-hybridized carbons (Fsp3) is 0.500. The van der Waals surface area contributed by atoms with Crippen molar-refractivity contribution >= 4 is 22.6 Å². The van der Waals surface area contributed by atoms with Gasteiger partial charge in [0.05, 0.1) is 13.2 Å². The van der Waals surface area contributed by atoms with Gasteiger partial charge in [-0.05, 0) is 25.5 Å². The molecule has 2 rings (SSSR count). The van der Waals surface area contributed by atoms with Gasteiger partial charge in [0.2, 0.25) is 0 Å². The van der Waals surface area contributed by atoms with Crippen molar-refractivity contribution in [3.8, 4) is 5.75 Å². The number of nitrogens with one attached hydrogen (secondary N) is 1. The number of hydrogen-bond donors (Lipinski definition) is 1. The van der Waals surface area contributed by atoms with Gasteiger partial charge in [-0.15, -0.1) is 0 Å². The Morgan fingerprint density at radius 2 is 2.33 bits per heavy atom. The van der Waals surface area contributed by atoms with Crippen LogP contribution in [0, 0.1) is 0 Å². The van der Waals surface area contributed by atoms with Gasteiger partial charge in [-0.2, -0.15) is 0 Å². The lowest BCUT2D eigenvalue weighted by molar-refractivity contribution is 0.340. The molecule has 1 N–H and O–H groups in total. The average molecular weight is 264 g/mol. The molecular weight excluding hydrogens is 244 g/mol. The number of anilines is 1. The molecule has 0 saturated heterocycles. The van der Waals surface area contributed by atoms with Gasteiger partial charge in [0.25, 0.3) is 0 Å². The van der Waals surface area contributed by atoms with Gasteiger partial charge in [-0.3, -0.25) is 4.99 Å². The van der Waals surface area contributed by atoms with Gasteiger partial charge < -0.3 is 10.1 Å². The summed E-state index contributed by atoms with van der Waals surface area (Å²) >= 11 is 1.85. The zero-order chi connectivity index (χ0) is 12.8. The maximum Gasteiger partial charge on any atom is 0.161 e. The van der Waals surface area contributed by atoms with Gasteiger partial charge in [0.15, 0.2) is 5.17 Å². The van der Waals surface area contributed by atoms with Crippen molar-refractivity contribution in [3.05, 3.63) is 24.3 Å². The van der Waals surface area contributed by atoms with Crippen molar-refractivity contribution in [1.82, 2.24) is 0 Å². The first-order valence-electron chi connectivity index (χ1n) is 6.52. The summed E-state index contributed by atoms with van der Waals surface area (Å²) in [7, 11) is 0. The number of aliphatic imine (C=N–C) groups is 1. The van der Waals surface area contributed by atoms with Crippen LogP contribution in [0.3, 0.4) is 0 Å². The Morgan fingerprint density at radius 1 is 1.44 bits per heavy atom. The van der Waals surface area contributed by atoms with Gasteiger partial charge in [0.1, 0.15) is 5.75 Å². The van der Waals surface area contributed by atoms with Crippen LogP contribution in [0.4, 0.5) is 5.69 Å². The van der Waals surface area contributed by atoms with E-state index in [-0.39, 0.29) is 0 Å². The molecule has 4 heteroatoms. The quantitative estimate of drug-likeness (QED) is 0.879. The number of ether oxygens (including phenoxy) is 1. The topological polar surface area (TPSA) is 33.6 Å². The Bertz CT molecular complexity index is 420. The SMILES string of the molecule is CCCC1CN=C(Nc2cccc(OCC)c2)S1. The van der Waals surface area contributed by atoms with Crippen LogP contribution in [0.5, 0.6) is 5.75 Å². The van der Waals surface area contributed by atoms with Gasteiger partial charge in [-0.1, -0.05) is 31.2 Å². The number of benzene rings is 1. The Kier molecular flexibility index (Phi) is 4.93. The molecule has 1 atom stereocenters. The molecule has 0 saturated carbocycles. The van der Waals surface area contributed by atoms with E-state index in [1.165, 1.54) is 12.8 Å². The summed E-state index contributed by atoms with van der Waals surface area (Å²) in [5.41, 5.74) is 1.05. The number of hydrogen-bond acceptors (Lipinski definition) is 4. The largest absolute Gasteiger partial charge is 0.494 e. The summed E-state index contributed by atoms with van der Waals surface area (Å²) in [4.78, 5) is 4.53. The predicted molar refractivity (Wildman–Crippen MR) is 79.8 cm³/mol. The van der Waals surface area contributed by atoms with E-state index in [1.807, 2.05) is 43.0 Å². The Balaban J connectivity index is 1.92. The first-order chi connectivity index (χ1) is 8.81. The van der Waals surface area contributed by atoms with Crippen molar-refractivity contribution < 1.29 is 4.74 Å². The summed E-state index contributed by atoms with van der Waals surface area (Å²) in [5, 5.41) is 5.04. The van der Waals surface area contributed by atoms with Gasteiger partial charge >= 0.3 is 0 Å². The smallest absolute Gasteiger partial charge is 0.161 e. The normalized spacial score (nSPS) is 18.6. The van der Waals surface area contributed by atoms with Crippen LogP contribution in [0.1, 0.15) is 26.7 Å². The van der Waals surface area contributed by atoms with Gasteiger partial charge in [-0.25, -0.2) is 0 Å². The van der Waals surface area contributed by atoms with E-state index in [9.17, 15) is 0 Å². The fourth-order valence-corrected chi connectivity index (χ4v) is 3.06. The molecule has 1 unspecified atom stereocenters. The maximum absolute atomic E-state index is 5.48. The second kappa shape index (κ2) is 6.69. The summed E-state index contributed by atoms with van der Waals surface area (Å²) in [5.74, 6) is 0.899. The summed E-state index contributed by atoms with van der Waals surface area (Å²) in [6.45, 7) is 5.84. The molecule has 1 aromatic rings. The molecule has 18 heavy (non-hydrogen) atoms. The van der Waals surface area contributed by atoms with Crippen LogP contribution >= 0.6 is 11.8 Å². The maximum atomic E-state index is 5.48. The summed E-state index contributed by atoms with van der Waals surface area (Å²) in [6.07, 6.45) is 2.46. The van der Waals surface area contributed by atoms with Crippen molar-refractivity contribution in [2.45, 2.75) is 31.9 Å². The predicted octanol–water partition coefficient (Wildman–Crippen LogP) is 3.77. The highest BCUT2D eigenvalue weighted by atomic mass is 32.2. The first-order valence-corrected chi connectivity index (χ1v) is 7.40. The molecule has 0 amide bonds. The van der Waals surface area contributed by atoms with Crippen LogP contribution in [0.25, 0.3) is 0 Å². The highest BCUT2D eigenvalue weighted by Gasteiger charge is 2.18. The standard InChI is InChI=1S/C14H20N2OS/c1-3-6-13-10-15-14(18-13)16-11-7-5-8-12(9-11)17-4-2/h5,7-9,13H,3-4,6,10H2,1-2H3,(H,15,16). The minimum Gasteiger partial charge on any atom is -0.494 e. The van der Waals surface area contributed by atoms with Crippen LogP contribution < -0.4 is 10.1 Å². The molecule has 1 aromatic carbocycles. The van der Waals surface area contributed by atoms with Crippen LogP contribution in [-0.2, 0) is 0 Å². The third kappa shape index (κ3) is 3.67. The zero-order valence-corrected chi connectivity index (χ0v) is 11.8. The molecule has 0 aliphatic carbocycles. The Morgan fingerprint density at radius 3 is 3.11 bits per heavy atom. The van der Waals surface area contributed by atoms with Crippen LogP contribution in [0.15, 0.2) is 29.3 Å². The fourth-order valence-electron chi connectivity index (χ4n) is 1.91. The number of amidine groups is 1. The molecule has 98 valence electrons. The third-order valence-corrected chi connectivity index (χ3v) is 3.90. The van der Waals surface area contributed by atoms with Gasteiger partial charge in [0, 0.05) is 17.0 Å². The van der Waals surface area contributed by atoms with Crippen LogP contribution in [0.2, 0.25) is 0 Å². The van der Waals surface area contributed by atoms with E-state index in [1.54, 1.807) is 0 Å². The lowest BCUT2D eigenvalue weighted by Crippen LogP contribution is -2.07. The average Bonchev–Trinajstić information content (AvgIpc) is 2.78. The molecule has 0 aromatic heterocycles. The monoisotopic (exact) mass is 264 g/mol. The highest BCUT2D eigenvalue weighted by molar-refractivity contribution is 8.15. The van der Waals surface area contributed by atoms with E-state index in [0.29, 0.717) is 11.9 Å². The van der Waals surface area contributed by atoms with E-state index in [4.69, 9.17) is 4.74 Å². The molecule has 0 bridgehead atoms. The van der Waals surface area contributed by atoms with E-state index >= 15 is 0 Å². The molecule has 1 heterocycles. The van der Waals surface area contributed by atoms with E-state index in [0.717, 1.165) is 23.1 Å². The second-order valence-electron chi connectivity index (χ2n) is 4.26. The molecular formula is C14H20N2OS. The number of nitrogens with zero attached hydrogens (tertiary/aromatic N) is 1. The first kappa shape index (κ1) is 13.3. The highest BCUT2D eigenvalue weighted by Crippen LogP contribution is 2.26. The molecule has 0 spiro atoms. The number of thioether (sulfide) groups is 1. The molecule has 1 aliphatic rings. The summed E-state index contributed by atoms with van der Waals surface area (Å²) < 4.78 is 5.48. The van der Waals surface area contributed by atoms with Crippen molar-refractivity contribution in [1.29, 1.82) is 0 Å². The minimum absolute atomic E-state index is 0.646. The molecule has 0 radical (unpaired) electrons. The minimum atomic E-state index is 0.646.